The maximum Gasteiger partial charge on any atom is 0.185 e. The SMILES string of the molecule is O=C(/C=C/c1ccc(Cl)c(Cl)c1)c1ccc(Cl)cc1. The van der Waals surface area contributed by atoms with Crippen molar-refractivity contribution in [1.29, 1.82) is 0 Å². The second-order valence-corrected chi connectivity index (χ2v) is 5.13. The van der Waals surface area contributed by atoms with Gasteiger partial charge >= 0.3 is 0 Å². The molecule has 0 atom stereocenters. The topological polar surface area (TPSA) is 17.1 Å². The monoisotopic (exact) mass is 310 g/mol. The van der Waals surface area contributed by atoms with Crippen molar-refractivity contribution in [2.24, 2.45) is 0 Å². The number of ketones is 1. The average Bonchev–Trinajstić information content (AvgIpc) is 2.40. The minimum atomic E-state index is -0.0947. The molecule has 4 heteroatoms. The van der Waals surface area contributed by atoms with Gasteiger partial charge in [0.1, 0.15) is 0 Å². The van der Waals surface area contributed by atoms with E-state index in [1.807, 2.05) is 0 Å². The molecule has 0 saturated heterocycles. The van der Waals surface area contributed by atoms with Gasteiger partial charge in [-0.15, -0.1) is 0 Å². The van der Waals surface area contributed by atoms with Crippen LogP contribution in [0.25, 0.3) is 6.08 Å². The zero-order valence-corrected chi connectivity index (χ0v) is 12.0. The van der Waals surface area contributed by atoms with Crippen LogP contribution in [0.3, 0.4) is 0 Å². The summed E-state index contributed by atoms with van der Waals surface area (Å²) in [6, 6.07) is 11.9. The second-order valence-electron chi connectivity index (χ2n) is 3.88. The lowest BCUT2D eigenvalue weighted by atomic mass is 10.1. The number of carbonyl (C=O) groups excluding carboxylic acids is 1. The molecule has 0 saturated carbocycles. The highest BCUT2D eigenvalue weighted by Crippen LogP contribution is 2.23. The summed E-state index contributed by atoms with van der Waals surface area (Å²) in [5.41, 5.74) is 1.40. The van der Waals surface area contributed by atoms with Crippen LogP contribution >= 0.6 is 34.8 Å². The molecule has 0 aliphatic carbocycles. The molecule has 0 heterocycles. The van der Waals surface area contributed by atoms with Gasteiger partial charge in [0.2, 0.25) is 0 Å². The van der Waals surface area contributed by atoms with Crippen molar-refractivity contribution in [1.82, 2.24) is 0 Å². The third-order valence-corrected chi connectivity index (χ3v) is 3.49. The fourth-order valence-corrected chi connectivity index (χ4v) is 1.93. The summed E-state index contributed by atoms with van der Waals surface area (Å²) in [6.07, 6.45) is 3.18. The van der Waals surface area contributed by atoms with Gasteiger partial charge in [-0.2, -0.15) is 0 Å². The Bertz CT molecular complexity index is 630. The van der Waals surface area contributed by atoms with Gasteiger partial charge in [0.05, 0.1) is 10.0 Å². The van der Waals surface area contributed by atoms with Crippen LogP contribution in [0.4, 0.5) is 0 Å². The van der Waals surface area contributed by atoms with Crippen LogP contribution in [0, 0.1) is 0 Å². The molecule has 0 aliphatic heterocycles. The smallest absolute Gasteiger partial charge is 0.185 e. The van der Waals surface area contributed by atoms with Gasteiger partial charge in [-0.3, -0.25) is 4.79 Å². The Hall–Kier alpha value is -1.28. The molecule has 2 aromatic rings. The van der Waals surface area contributed by atoms with Crippen molar-refractivity contribution in [3.8, 4) is 0 Å². The van der Waals surface area contributed by atoms with Crippen LogP contribution in [0.15, 0.2) is 48.5 Å². The predicted octanol–water partition coefficient (Wildman–Crippen LogP) is 5.54. The van der Waals surface area contributed by atoms with Crippen LogP contribution in [-0.4, -0.2) is 5.78 Å². The normalized spacial score (nSPS) is 10.9. The lowest BCUT2D eigenvalue weighted by molar-refractivity contribution is 0.104. The fourth-order valence-electron chi connectivity index (χ4n) is 1.50. The van der Waals surface area contributed by atoms with E-state index >= 15 is 0 Å². The van der Waals surface area contributed by atoms with Crippen LogP contribution in [0.5, 0.6) is 0 Å². The Morgan fingerprint density at radius 3 is 2.21 bits per heavy atom. The molecule has 0 unspecified atom stereocenters. The van der Waals surface area contributed by atoms with E-state index in [2.05, 4.69) is 0 Å². The number of hydrogen-bond donors (Lipinski definition) is 0. The summed E-state index contributed by atoms with van der Waals surface area (Å²) >= 11 is 17.5. The molecule has 0 aromatic heterocycles. The minimum absolute atomic E-state index is 0.0947. The molecule has 0 spiro atoms. The van der Waals surface area contributed by atoms with Crippen LogP contribution in [0.2, 0.25) is 15.1 Å². The molecule has 0 N–H and O–H groups in total. The molecule has 0 fully saturated rings. The first-order valence-electron chi connectivity index (χ1n) is 5.49. The highest BCUT2D eigenvalue weighted by atomic mass is 35.5. The van der Waals surface area contributed by atoms with E-state index in [1.54, 1.807) is 48.5 Å². The van der Waals surface area contributed by atoms with Gasteiger partial charge in [-0.25, -0.2) is 0 Å². The van der Waals surface area contributed by atoms with Crippen molar-refractivity contribution in [3.63, 3.8) is 0 Å². The van der Waals surface area contributed by atoms with Crippen molar-refractivity contribution >= 4 is 46.7 Å². The summed E-state index contributed by atoms with van der Waals surface area (Å²) in [6.45, 7) is 0. The Balaban J connectivity index is 2.15. The Morgan fingerprint density at radius 1 is 0.895 bits per heavy atom. The Labute approximate surface area is 126 Å². The molecule has 0 radical (unpaired) electrons. The maximum absolute atomic E-state index is 11.9. The molecule has 0 aliphatic rings. The highest BCUT2D eigenvalue weighted by molar-refractivity contribution is 6.42. The zero-order valence-electron chi connectivity index (χ0n) is 9.74. The fraction of sp³-hybridized carbons (Fsp3) is 0. The molecule has 2 rings (SSSR count). The van der Waals surface area contributed by atoms with Crippen LogP contribution in [-0.2, 0) is 0 Å². The van der Waals surface area contributed by atoms with Crippen LogP contribution in [0.1, 0.15) is 15.9 Å². The summed E-state index contributed by atoms with van der Waals surface area (Å²) in [7, 11) is 0. The first-order chi connectivity index (χ1) is 9.06. The van der Waals surface area contributed by atoms with Gasteiger partial charge in [0.25, 0.3) is 0 Å². The largest absolute Gasteiger partial charge is 0.289 e. The zero-order chi connectivity index (χ0) is 13.8. The summed E-state index contributed by atoms with van der Waals surface area (Å²) in [4.78, 5) is 11.9. The van der Waals surface area contributed by atoms with Gasteiger partial charge in [-0.05, 0) is 48.0 Å². The van der Waals surface area contributed by atoms with E-state index in [1.165, 1.54) is 6.08 Å². The molecule has 19 heavy (non-hydrogen) atoms. The number of carbonyl (C=O) groups is 1. The van der Waals surface area contributed by atoms with E-state index in [9.17, 15) is 4.79 Å². The molecule has 96 valence electrons. The quantitative estimate of drug-likeness (QED) is 0.537. The van der Waals surface area contributed by atoms with E-state index in [-0.39, 0.29) is 5.78 Å². The predicted molar refractivity (Wildman–Crippen MR) is 81.3 cm³/mol. The van der Waals surface area contributed by atoms with Crippen molar-refractivity contribution in [3.05, 3.63) is 74.7 Å². The van der Waals surface area contributed by atoms with Gasteiger partial charge in [0.15, 0.2) is 5.78 Å². The number of hydrogen-bond acceptors (Lipinski definition) is 1. The number of rotatable bonds is 3. The first kappa shape index (κ1) is 14.1. The minimum Gasteiger partial charge on any atom is -0.289 e. The van der Waals surface area contributed by atoms with Crippen molar-refractivity contribution in [2.45, 2.75) is 0 Å². The molecule has 2 aromatic carbocycles. The van der Waals surface area contributed by atoms with E-state index in [0.717, 1.165) is 5.56 Å². The maximum atomic E-state index is 11.9. The summed E-state index contributed by atoms with van der Waals surface area (Å²) < 4.78 is 0. The molecule has 0 bridgehead atoms. The van der Waals surface area contributed by atoms with Crippen molar-refractivity contribution < 1.29 is 4.79 Å². The number of halogens is 3. The summed E-state index contributed by atoms with van der Waals surface area (Å²) in [5.74, 6) is -0.0947. The molecule has 0 amide bonds. The highest BCUT2D eigenvalue weighted by Gasteiger charge is 2.02. The lowest BCUT2D eigenvalue weighted by Gasteiger charge is -1.98. The lowest BCUT2D eigenvalue weighted by Crippen LogP contribution is -1.93. The van der Waals surface area contributed by atoms with E-state index in [0.29, 0.717) is 20.6 Å². The molecular weight excluding hydrogens is 303 g/mol. The Kier molecular flexibility index (Phi) is 4.65. The van der Waals surface area contributed by atoms with Gasteiger partial charge in [0, 0.05) is 10.6 Å². The average molecular weight is 312 g/mol. The number of benzene rings is 2. The number of allylic oxidation sites excluding steroid dienone is 1. The van der Waals surface area contributed by atoms with E-state index < -0.39 is 0 Å². The first-order valence-corrected chi connectivity index (χ1v) is 6.63. The Morgan fingerprint density at radius 2 is 1.58 bits per heavy atom. The second kappa shape index (κ2) is 6.25. The van der Waals surface area contributed by atoms with Crippen molar-refractivity contribution in [2.75, 3.05) is 0 Å². The van der Waals surface area contributed by atoms with Gasteiger partial charge in [-0.1, -0.05) is 46.9 Å². The molecular formula is C15H9Cl3O. The third-order valence-electron chi connectivity index (χ3n) is 2.50. The van der Waals surface area contributed by atoms with Gasteiger partial charge < -0.3 is 0 Å². The van der Waals surface area contributed by atoms with Crippen LogP contribution < -0.4 is 0 Å². The third kappa shape index (κ3) is 3.84. The summed E-state index contributed by atoms with van der Waals surface area (Å²) in [5, 5.41) is 1.55. The standard InChI is InChI=1S/C15H9Cl3O/c16-12-5-3-11(4-6-12)15(19)8-2-10-1-7-13(17)14(18)9-10/h1-9H/b8-2+. The van der Waals surface area contributed by atoms with E-state index in [4.69, 9.17) is 34.8 Å². The molecule has 1 nitrogen and oxygen atoms in total.